The van der Waals surface area contributed by atoms with Crippen LogP contribution < -0.4 is 0 Å². The number of rotatable bonds is 4. The van der Waals surface area contributed by atoms with Gasteiger partial charge in [-0.1, -0.05) is 66.8 Å². The summed E-state index contributed by atoms with van der Waals surface area (Å²) in [6.07, 6.45) is 6.62. The second-order valence-corrected chi connectivity index (χ2v) is 6.49. The highest BCUT2D eigenvalue weighted by atomic mass is 16.4. The van der Waals surface area contributed by atoms with Crippen LogP contribution in [0.3, 0.4) is 0 Å². The third-order valence-corrected chi connectivity index (χ3v) is 5.25. The Kier molecular flexibility index (Phi) is 4.02. The highest BCUT2D eigenvalue weighted by molar-refractivity contribution is 5.71. The van der Waals surface area contributed by atoms with E-state index in [4.69, 9.17) is 0 Å². The van der Waals surface area contributed by atoms with Crippen LogP contribution in [0.2, 0.25) is 0 Å². The summed E-state index contributed by atoms with van der Waals surface area (Å²) in [6.45, 7) is 8.31. The maximum absolute atomic E-state index is 11.9. The minimum Gasteiger partial charge on any atom is -0.481 e. The molecule has 0 saturated heterocycles. The molecule has 3 rings (SSSR count). The maximum Gasteiger partial charge on any atom is 0.307 e. The molecule has 2 heteroatoms. The molecular weight excluding hydrogens is 272 g/mol. The zero-order chi connectivity index (χ0) is 15.7. The monoisotopic (exact) mass is 294 g/mol. The molecule has 0 aliphatic heterocycles. The van der Waals surface area contributed by atoms with Crippen LogP contribution in [0.4, 0.5) is 0 Å². The van der Waals surface area contributed by atoms with Crippen LogP contribution in [-0.4, -0.2) is 11.1 Å². The molecule has 0 heterocycles. The van der Waals surface area contributed by atoms with Crippen molar-refractivity contribution in [3.8, 4) is 0 Å². The molecule has 2 aliphatic rings. The van der Waals surface area contributed by atoms with Crippen molar-refractivity contribution < 1.29 is 9.90 Å². The highest BCUT2D eigenvalue weighted by Crippen LogP contribution is 2.50. The van der Waals surface area contributed by atoms with Crippen LogP contribution >= 0.6 is 0 Å². The first-order valence-electron chi connectivity index (χ1n) is 7.90. The van der Waals surface area contributed by atoms with Gasteiger partial charge in [-0.25, -0.2) is 0 Å². The Morgan fingerprint density at radius 2 is 1.82 bits per heavy atom. The molecule has 1 N–H and O–H groups in total. The number of hydrogen-bond donors (Lipinski definition) is 1. The van der Waals surface area contributed by atoms with Crippen molar-refractivity contribution in [3.63, 3.8) is 0 Å². The summed E-state index contributed by atoms with van der Waals surface area (Å²) in [6, 6.07) is 9.92. The molecule has 2 aliphatic carbocycles. The number of hydrogen-bond acceptors (Lipinski definition) is 1. The second-order valence-electron chi connectivity index (χ2n) is 6.49. The van der Waals surface area contributed by atoms with Crippen molar-refractivity contribution in [1.82, 2.24) is 0 Å². The van der Waals surface area contributed by atoms with Crippen LogP contribution in [0.1, 0.15) is 18.4 Å². The molecule has 2 nitrogen and oxygen atoms in total. The number of aliphatic carboxylic acids is 1. The summed E-state index contributed by atoms with van der Waals surface area (Å²) < 4.78 is 0. The molecule has 1 fully saturated rings. The van der Waals surface area contributed by atoms with Gasteiger partial charge in [-0.3, -0.25) is 4.79 Å². The van der Waals surface area contributed by atoms with Crippen LogP contribution in [0.5, 0.6) is 0 Å². The van der Waals surface area contributed by atoms with E-state index in [0.717, 1.165) is 29.6 Å². The second kappa shape index (κ2) is 5.96. The van der Waals surface area contributed by atoms with Crippen LogP contribution in [0, 0.1) is 23.7 Å². The van der Waals surface area contributed by atoms with Crippen LogP contribution in [-0.2, 0) is 11.2 Å². The Balaban J connectivity index is 1.86. The number of allylic oxidation sites excluding steroid dienone is 4. The first-order chi connectivity index (χ1) is 10.6. The lowest BCUT2D eigenvalue weighted by atomic mass is 9.71. The molecule has 0 radical (unpaired) electrons. The van der Waals surface area contributed by atoms with Crippen molar-refractivity contribution in [3.05, 3.63) is 72.4 Å². The Hall–Kier alpha value is -2.09. The van der Waals surface area contributed by atoms with Gasteiger partial charge in [0.05, 0.1) is 5.92 Å². The number of benzene rings is 1. The van der Waals surface area contributed by atoms with Crippen molar-refractivity contribution in [2.45, 2.75) is 19.3 Å². The zero-order valence-corrected chi connectivity index (χ0v) is 12.7. The normalized spacial score (nSPS) is 28.5. The van der Waals surface area contributed by atoms with E-state index in [9.17, 15) is 9.90 Å². The number of carbonyl (C=O) groups is 1. The fourth-order valence-electron chi connectivity index (χ4n) is 4.17. The van der Waals surface area contributed by atoms with E-state index >= 15 is 0 Å². The number of fused-ring (bicyclic) bond motifs is 1. The van der Waals surface area contributed by atoms with E-state index in [1.807, 2.05) is 42.5 Å². The van der Waals surface area contributed by atoms with E-state index < -0.39 is 5.97 Å². The lowest BCUT2D eigenvalue weighted by Gasteiger charge is -2.32. The van der Waals surface area contributed by atoms with E-state index in [1.54, 1.807) is 0 Å². The first kappa shape index (κ1) is 14.8. The van der Waals surface area contributed by atoms with Crippen molar-refractivity contribution in [2.75, 3.05) is 0 Å². The molecular formula is C20H22O2. The minimum atomic E-state index is -0.692. The molecule has 0 amide bonds. The predicted molar refractivity (Wildman–Crippen MR) is 88.4 cm³/mol. The summed E-state index contributed by atoms with van der Waals surface area (Å²) in [7, 11) is 0. The lowest BCUT2D eigenvalue weighted by Crippen LogP contribution is -2.31. The van der Waals surface area contributed by atoms with Gasteiger partial charge in [0.2, 0.25) is 0 Å². The third-order valence-electron chi connectivity index (χ3n) is 5.25. The van der Waals surface area contributed by atoms with Gasteiger partial charge in [-0.05, 0) is 42.6 Å². The van der Waals surface area contributed by atoms with Crippen molar-refractivity contribution in [1.29, 1.82) is 0 Å². The van der Waals surface area contributed by atoms with E-state index in [0.29, 0.717) is 12.3 Å². The molecule has 1 aromatic carbocycles. The molecule has 0 spiro atoms. The quantitative estimate of drug-likeness (QED) is 0.901. The third kappa shape index (κ3) is 2.66. The number of carboxylic acids is 1. The van der Waals surface area contributed by atoms with Gasteiger partial charge in [-0.2, -0.15) is 0 Å². The summed E-state index contributed by atoms with van der Waals surface area (Å²) >= 11 is 0. The molecule has 1 aromatic rings. The zero-order valence-electron chi connectivity index (χ0n) is 12.7. The van der Waals surface area contributed by atoms with E-state index in [-0.39, 0.29) is 17.8 Å². The molecule has 1 saturated carbocycles. The molecule has 22 heavy (non-hydrogen) atoms. The average Bonchev–Trinajstić information content (AvgIpc) is 2.95. The average molecular weight is 294 g/mol. The SMILES string of the molecule is C=C1C=CC(=C)C2C1CCC2C(Cc1ccccc1)C(=O)O. The maximum atomic E-state index is 11.9. The van der Waals surface area contributed by atoms with Gasteiger partial charge < -0.3 is 5.11 Å². The Labute approximate surface area is 131 Å². The molecule has 4 unspecified atom stereocenters. The van der Waals surface area contributed by atoms with Crippen molar-refractivity contribution in [2.24, 2.45) is 23.7 Å². The molecule has 0 bridgehead atoms. The Morgan fingerprint density at radius 3 is 2.50 bits per heavy atom. The molecule has 114 valence electrons. The minimum absolute atomic E-state index is 0.150. The van der Waals surface area contributed by atoms with Gasteiger partial charge >= 0.3 is 5.97 Å². The Bertz CT molecular complexity index is 626. The van der Waals surface area contributed by atoms with Gasteiger partial charge in [0.15, 0.2) is 0 Å². The van der Waals surface area contributed by atoms with Gasteiger partial charge in [0.25, 0.3) is 0 Å². The summed E-state index contributed by atoms with van der Waals surface area (Å²) in [5.74, 6) is -0.282. The van der Waals surface area contributed by atoms with Gasteiger partial charge in [-0.15, -0.1) is 0 Å². The first-order valence-corrected chi connectivity index (χ1v) is 7.90. The smallest absolute Gasteiger partial charge is 0.307 e. The summed E-state index contributed by atoms with van der Waals surface area (Å²) in [5, 5.41) is 9.77. The standard InChI is InChI=1S/C20H22O2/c1-13-8-9-14(2)19-16(13)10-11-17(19)18(20(21)22)12-15-6-4-3-5-7-15/h3-9,16-19H,1-2,10-12H2,(H,21,22). The van der Waals surface area contributed by atoms with Crippen LogP contribution in [0.25, 0.3) is 0 Å². The lowest BCUT2D eigenvalue weighted by molar-refractivity contribution is -0.144. The predicted octanol–water partition coefficient (Wildman–Crippen LogP) is 4.25. The van der Waals surface area contributed by atoms with Crippen molar-refractivity contribution >= 4 is 5.97 Å². The summed E-state index contributed by atoms with van der Waals surface area (Å²) in [4.78, 5) is 11.9. The van der Waals surface area contributed by atoms with Gasteiger partial charge in [0.1, 0.15) is 0 Å². The molecule has 0 aromatic heterocycles. The molecule has 4 atom stereocenters. The summed E-state index contributed by atoms with van der Waals surface area (Å²) in [5.41, 5.74) is 3.29. The topological polar surface area (TPSA) is 37.3 Å². The van der Waals surface area contributed by atoms with E-state index in [1.165, 1.54) is 0 Å². The number of carboxylic acid groups (broad SMARTS) is 1. The van der Waals surface area contributed by atoms with Gasteiger partial charge in [0, 0.05) is 0 Å². The fraction of sp³-hybridized carbons (Fsp3) is 0.350. The Morgan fingerprint density at radius 1 is 1.14 bits per heavy atom. The van der Waals surface area contributed by atoms with Crippen LogP contribution in [0.15, 0.2) is 66.8 Å². The largest absolute Gasteiger partial charge is 0.481 e. The highest BCUT2D eigenvalue weighted by Gasteiger charge is 2.45. The fourth-order valence-corrected chi connectivity index (χ4v) is 4.17. The van der Waals surface area contributed by atoms with E-state index in [2.05, 4.69) is 13.2 Å².